The zero-order valence-electron chi connectivity index (χ0n) is 11.8. The molecule has 0 bridgehead atoms. The van der Waals surface area contributed by atoms with Crippen LogP contribution in [0, 0.1) is 0 Å². The van der Waals surface area contributed by atoms with Gasteiger partial charge in [0.2, 0.25) is 0 Å². The van der Waals surface area contributed by atoms with E-state index in [0.29, 0.717) is 12.1 Å². The van der Waals surface area contributed by atoms with Crippen molar-refractivity contribution in [3.63, 3.8) is 0 Å². The summed E-state index contributed by atoms with van der Waals surface area (Å²) < 4.78 is 5.33. The van der Waals surface area contributed by atoms with Crippen LogP contribution in [-0.4, -0.2) is 50.8 Å². The lowest BCUT2D eigenvalue weighted by molar-refractivity contribution is 0.0632. The van der Waals surface area contributed by atoms with E-state index >= 15 is 0 Å². The molecule has 0 aliphatic rings. The van der Waals surface area contributed by atoms with Gasteiger partial charge in [0.1, 0.15) is 0 Å². The summed E-state index contributed by atoms with van der Waals surface area (Å²) in [5.41, 5.74) is 0. The molecule has 0 rings (SSSR count). The summed E-state index contributed by atoms with van der Waals surface area (Å²) in [5, 5.41) is 3.27. The van der Waals surface area contributed by atoms with Crippen molar-refractivity contribution in [2.75, 3.05) is 33.9 Å². The number of methoxy groups -OCH3 is 1. The molecular formula is C13H30N2O. The molecule has 0 saturated heterocycles. The first-order valence-corrected chi connectivity index (χ1v) is 6.60. The van der Waals surface area contributed by atoms with Crippen molar-refractivity contribution in [2.24, 2.45) is 0 Å². The predicted molar refractivity (Wildman–Crippen MR) is 71.0 cm³/mol. The molecule has 0 aromatic rings. The maximum Gasteiger partial charge on any atom is 0.0630 e. The van der Waals surface area contributed by atoms with E-state index in [9.17, 15) is 0 Å². The average molecular weight is 230 g/mol. The molecule has 0 aliphatic carbocycles. The first-order valence-electron chi connectivity index (χ1n) is 6.60. The Hall–Kier alpha value is -0.120. The minimum Gasteiger partial charge on any atom is -0.383 e. The standard InChI is InChI=1S/C13H30N2O/c1-6-8-9-15(12(3)7-2)13(10-14-4)11-16-5/h12-14H,6-11H2,1-5H3. The second kappa shape index (κ2) is 10.1. The van der Waals surface area contributed by atoms with Gasteiger partial charge in [0, 0.05) is 25.7 Å². The normalized spacial score (nSPS) is 15.4. The van der Waals surface area contributed by atoms with Crippen molar-refractivity contribution in [3.05, 3.63) is 0 Å². The maximum atomic E-state index is 5.33. The van der Waals surface area contributed by atoms with Gasteiger partial charge in [0.25, 0.3) is 0 Å². The van der Waals surface area contributed by atoms with E-state index in [1.54, 1.807) is 7.11 Å². The van der Waals surface area contributed by atoms with Crippen LogP contribution in [0.5, 0.6) is 0 Å². The topological polar surface area (TPSA) is 24.5 Å². The number of nitrogens with one attached hydrogen (secondary N) is 1. The maximum absolute atomic E-state index is 5.33. The van der Waals surface area contributed by atoms with Crippen molar-refractivity contribution in [2.45, 2.75) is 52.1 Å². The largest absolute Gasteiger partial charge is 0.383 e. The summed E-state index contributed by atoms with van der Waals surface area (Å²) >= 11 is 0. The third kappa shape index (κ3) is 5.83. The van der Waals surface area contributed by atoms with Gasteiger partial charge in [-0.15, -0.1) is 0 Å². The van der Waals surface area contributed by atoms with E-state index in [1.165, 1.54) is 25.8 Å². The molecule has 2 unspecified atom stereocenters. The number of nitrogens with zero attached hydrogens (tertiary/aromatic N) is 1. The van der Waals surface area contributed by atoms with Gasteiger partial charge < -0.3 is 10.1 Å². The second-order valence-corrected chi connectivity index (χ2v) is 4.52. The lowest BCUT2D eigenvalue weighted by atomic mass is 10.1. The van der Waals surface area contributed by atoms with E-state index in [1.807, 2.05) is 7.05 Å². The molecule has 16 heavy (non-hydrogen) atoms. The Balaban J connectivity index is 4.38. The van der Waals surface area contributed by atoms with Crippen LogP contribution >= 0.6 is 0 Å². The third-order valence-corrected chi connectivity index (χ3v) is 3.19. The zero-order valence-corrected chi connectivity index (χ0v) is 11.8. The van der Waals surface area contributed by atoms with Gasteiger partial charge >= 0.3 is 0 Å². The molecule has 0 aromatic carbocycles. The van der Waals surface area contributed by atoms with Crippen molar-refractivity contribution in [1.82, 2.24) is 10.2 Å². The quantitative estimate of drug-likeness (QED) is 0.622. The van der Waals surface area contributed by atoms with Gasteiger partial charge in [-0.2, -0.15) is 0 Å². The summed E-state index contributed by atoms with van der Waals surface area (Å²) in [7, 11) is 3.80. The molecule has 1 N–H and O–H groups in total. The van der Waals surface area contributed by atoms with Crippen molar-refractivity contribution in [1.29, 1.82) is 0 Å². The van der Waals surface area contributed by atoms with Crippen LogP contribution in [-0.2, 0) is 4.74 Å². The van der Waals surface area contributed by atoms with E-state index in [4.69, 9.17) is 4.74 Å². The highest BCUT2D eigenvalue weighted by Gasteiger charge is 2.21. The molecule has 0 heterocycles. The lowest BCUT2D eigenvalue weighted by Crippen LogP contribution is -2.49. The first kappa shape index (κ1) is 15.9. The molecule has 98 valence electrons. The molecule has 0 spiro atoms. The number of unbranched alkanes of at least 4 members (excludes halogenated alkanes) is 1. The van der Waals surface area contributed by atoms with Gasteiger partial charge in [0.05, 0.1) is 6.61 Å². The monoisotopic (exact) mass is 230 g/mol. The third-order valence-electron chi connectivity index (χ3n) is 3.19. The van der Waals surface area contributed by atoms with Gasteiger partial charge in [-0.3, -0.25) is 4.90 Å². The highest BCUT2D eigenvalue weighted by molar-refractivity contribution is 4.77. The Morgan fingerprint density at radius 2 is 2.00 bits per heavy atom. The minimum atomic E-state index is 0.497. The fourth-order valence-electron chi connectivity index (χ4n) is 2.04. The van der Waals surface area contributed by atoms with Crippen LogP contribution in [0.15, 0.2) is 0 Å². The fourth-order valence-corrected chi connectivity index (χ4v) is 2.04. The highest BCUT2D eigenvalue weighted by Crippen LogP contribution is 2.11. The van der Waals surface area contributed by atoms with Crippen LogP contribution in [0.1, 0.15) is 40.0 Å². The van der Waals surface area contributed by atoms with Crippen LogP contribution in [0.4, 0.5) is 0 Å². The van der Waals surface area contributed by atoms with Gasteiger partial charge in [0.15, 0.2) is 0 Å². The Labute approximate surface area is 102 Å². The van der Waals surface area contributed by atoms with E-state index in [2.05, 4.69) is 31.0 Å². The highest BCUT2D eigenvalue weighted by atomic mass is 16.5. The molecular weight excluding hydrogens is 200 g/mol. The van der Waals surface area contributed by atoms with Gasteiger partial charge in [-0.1, -0.05) is 20.3 Å². The molecule has 0 radical (unpaired) electrons. The Kier molecular flexibility index (Phi) is 9.99. The summed E-state index contributed by atoms with van der Waals surface area (Å²) in [4.78, 5) is 2.59. The summed E-state index contributed by atoms with van der Waals surface area (Å²) in [6, 6.07) is 1.14. The van der Waals surface area contributed by atoms with E-state index in [-0.39, 0.29) is 0 Å². The number of ether oxygens (including phenoxy) is 1. The van der Waals surface area contributed by atoms with Crippen LogP contribution in [0.25, 0.3) is 0 Å². The Bertz CT molecular complexity index is 147. The Morgan fingerprint density at radius 3 is 2.44 bits per heavy atom. The number of rotatable bonds is 10. The van der Waals surface area contributed by atoms with Crippen LogP contribution in [0.3, 0.4) is 0 Å². The molecule has 3 heteroatoms. The van der Waals surface area contributed by atoms with E-state index in [0.717, 1.165) is 13.2 Å². The molecule has 0 fully saturated rings. The van der Waals surface area contributed by atoms with Crippen molar-refractivity contribution < 1.29 is 4.74 Å². The van der Waals surface area contributed by atoms with Gasteiger partial charge in [-0.25, -0.2) is 0 Å². The first-order chi connectivity index (χ1) is 7.71. The predicted octanol–water partition coefficient (Wildman–Crippen LogP) is 2.12. The van der Waals surface area contributed by atoms with Crippen LogP contribution in [0.2, 0.25) is 0 Å². The molecule has 3 nitrogen and oxygen atoms in total. The smallest absolute Gasteiger partial charge is 0.0630 e. The number of hydrogen-bond donors (Lipinski definition) is 1. The molecule has 0 aromatic heterocycles. The second-order valence-electron chi connectivity index (χ2n) is 4.52. The minimum absolute atomic E-state index is 0.497. The average Bonchev–Trinajstić information content (AvgIpc) is 2.29. The summed E-state index contributed by atoms with van der Waals surface area (Å²) in [6.45, 7) is 9.82. The lowest BCUT2D eigenvalue weighted by Gasteiger charge is -2.36. The Morgan fingerprint density at radius 1 is 1.31 bits per heavy atom. The summed E-state index contributed by atoms with van der Waals surface area (Å²) in [5.74, 6) is 0. The molecule has 0 aliphatic heterocycles. The number of hydrogen-bond acceptors (Lipinski definition) is 3. The molecule has 0 amide bonds. The molecule has 0 saturated carbocycles. The zero-order chi connectivity index (χ0) is 12.4. The van der Waals surface area contributed by atoms with Gasteiger partial charge in [-0.05, 0) is 33.4 Å². The fraction of sp³-hybridized carbons (Fsp3) is 1.00. The van der Waals surface area contributed by atoms with Crippen LogP contribution < -0.4 is 5.32 Å². The SMILES string of the molecule is CCCCN(C(C)CC)C(CNC)COC. The number of likely N-dealkylation sites (N-methyl/N-ethyl adjacent to an activating group) is 1. The van der Waals surface area contributed by atoms with E-state index < -0.39 is 0 Å². The van der Waals surface area contributed by atoms with Crippen molar-refractivity contribution in [3.8, 4) is 0 Å². The summed E-state index contributed by atoms with van der Waals surface area (Å²) in [6.07, 6.45) is 3.73. The van der Waals surface area contributed by atoms with Crippen molar-refractivity contribution >= 4 is 0 Å². The molecule has 2 atom stereocenters.